The van der Waals surface area contributed by atoms with Crippen molar-refractivity contribution in [1.82, 2.24) is 4.90 Å². The van der Waals surface area contributed by atoms with Crippen molar-refractivity contribution in [3.8, 4) is 11.5 Å². The van der Waals surface area contributed by atoms with Gasteiger partial charge in [-0.25, -0.2) is 0 Å². The number of hydrogen-bond acceptors (Lipinski definition) is 4. The van der Waals surface area contributed by atoms with Crippen molar-refractivity contribution >= 4 is 11.6 Å². The molecule has 33 heavy (non-hydrogen) atoms. The summed E-state index contributed by atoms with van der Waals surface area (Å²) >= 11 is 0. The first-order valence-corrected chi connectivity index (χ1v) is 11.6. The molecular weight excluding hydrogens is 412 g/mol. The number of carbonyl (C=O) groups excluding carboxylic acids is 1. The topological polar surface area (TPSA) is 50.8 Å². The maximum Gasteiger partial charge on any atom is 0.258 e. The van der Waals surface area contributed by atoms with Crippen LogP contribution in [0, 0.1) is 0 Å². The van der Waals surface area contributed by atoms with E-state index in [0.29, 0.717) is 23.7 Å². The first kappa shape index (κ1) is 22.7. The number of nitrogens with one attached hydrogen (secondary N) is 1. The molecule has 1 aliphatic rings. The summed E-state index contributed by atoms with van der Waals surface area (Å²) < 4.78 is 11.7. The summed E-state index contributed by atoms with van der Waals surface area (Å²) in [6.45, 7) is 4.79. The Morgan fingerprint density at radius 3 is 2.52 bits per heavy atom. The third kappa shape index (κ3) is 4.98. The number of benzene rings is 3. The van der Waals surface area contributed by atoms with Gasteiger partial charge in [0.15, 0.2) is 11.5 Å². The zero-order valence-electron chi connectivity index (χ0n) is 19.6. The van der Waals surface area contributed by atoms with E-state index in [-0.39, 0.29) is 18.1 Å². The Labute approximate surface area is 196 Å². The number of rotatable bonds is 9. The Morgan fingerprint density at radius 1 is 1.00 bits per heavy atom. The highest BCUT2D eigenvalue weighted by Crippen LogP contribution is 2.38. The lowest BCUT2D eigenvalue weighted by molar-refractivity contribution is 0.0593. The highest BCUT2D eigenvalue weighted by molar-refractivity contribution is 6.01. The van der Waals surface area contributed by atoms with Crippen molar-refractivity contribution in [1.29, 1.82) is 0 Å². The number of ether oxygens (including phenoxy) is 2. The molecule has 5 nitrogen and oxygen atoms in total. The third-order valence-corrected chi connectivity index (χ3v) is 6.24. The van der Waals surface area contributed by atoms with Crippen LogP contribution < -0.4 is 14.8 Å². The van der Waals surface area contributed by atoms with Gasteiger partial charge in [-0.3, -0.25) is 4.79 Å². The van der Waals surface area contributed by atoms with Crippen LogP contribution in [0.2, 0.25) is 0 Å². The summed E-state index contributed by atoms with van der Waals surface area (Å²) in [5.74, 6) is 1.43. The Balaban J connectivity index is 1.52. The molecule has 4 rings (SSSR count). The summed E-state index contributed by atoms with van der Waals surface area (Å²) in [6, 6.07) is 24.1. The molecule has 0 fully saturated rings. The molecule has 0 aromatic heterocycles. The molecule has 0 aliphatic carbocycles. The maximum atomic E-state index is 13.3. The van der Waals surface area contributed by atoms with Crippen LogP contribution in [-0.4, -0.2) is 30.6 Å². The predicted octanol–water partition coefficient (Wildman–Crippen LogP) is 6.07. The van der Waals surface area contributed by atoms with E-state index >= 15 is 0 Å². The molecular formula is C28H32N2O3. The third-order valence-electron chi connectivity index (χ3n) is 6.24. The number of anilines is 1. The molecule has 2 atom stereocenters. The minimum Gasteiger partial charge on any atom is -0.493 e. The van der Waals surface area contributed by atoms with Gasteiger partial charge in [-0.2, -0.15) is 0 Å². The van der Waals surface area contributed by atoms with Gasteiger partial charge in [-0.05, 0) is 61.6 Å². The van der Waals surface area contributed by atoms with E-state index in [4.69, 9.17) is 9.47 Å². The second-order valence-corrected chi connectivity index (χ2v) is 8.41. The molecule has 0 saturated heterocycles. The highest BCUT2D eigenvalue weighted by atomic mass is 16.5. The van der Waals surface area contributed by atoms with Crippen molar-refractivity contribution in [2.75, 3.05) is 19.0 Å². The summed E-state index contributed by atoms with van der Waals surface area (Å²) in [6.07, 6.45) is 2.49. The van der Waals surface area contributed by atoms with E-state index in [0.717, 1.165) is 30.5 Å². The van der Waals surface area contributed by atoms with Gasteiger partial charge in [0.2, 0.25) is 0 Å². The van der Waals surface area contributed by atoms with Crippen molar-refractivity contribution in [3.05, 3.63) is 89.5 Å². The number of carbonyl (C=O) groups is 1. The van der Waals surface area contributed by atoms with E-state index in [1.54, 1.807) is 7.11 Å². The van der Waals surface area contributed by atoms with Crippen molar-refractivity contribution in [2.24, 2.45) is 0 Å². The predicted molar refractivity (Wildman–Crippen MR) is 132 cm³/mol. The number of fused-ring (bicyclic) bond motifs is 1. The molecule has 1 aliphatic heterocycles. The van der Waals surface area contributed by atoms with Crippen LogP contribution in [-0.2, 0) is 6.42 Å². The molecule has 0 saturated carbocycles. The van der Waals surface area contributed by atoms with Crippen molar-refractivity contribution < 1.29 is 14.3 Å². The molecule has 172 valence electrons. The normalized spacial score (nSPS) is 16.0. The number of aryl methyl sites for hydroxylation is 1. The summed E-state index contributed by atoms with van der Waals surface area (Å²) in [5, 5.41) is 3.56. The molecule has 0 bridgehead atoms. The summed E-state index contributed by atoms with van der Waals surface area (Å²) in [5.41, 5.74) is 3.83. The number of amides is 1. The number of nitrogens with zero attached hydrogens (tertiary/aromatic N) is 1. The van der Waals surface area contributed by atoms with E-state index in [1.807, 2.05) is 53.4 Å². The molecule has 1 N–H and O–H groups in total. The lowest BCUT2D eigenvalue weighted by Gasteiger charge is -2.41. The Bertz CT molecular complexity index is 1080. The van der Waals surface area contributed by atoms with Crippen LogP contribution in [0.5, 0.6) is 11.5 Å². The first-order chi connectivity index (χ1) is 16.1. The molecule has 3 aromatic rings. The fourth-order valence-corrected chi connectivity index (χ4v) is 4.24. The molecule has 1 amide bonds. The van der Waals surface area contributed by atoms with Crippen LogP contribution in [0.1, 0.15) is 54.3 Å². The van der Waals surface area contributed by atoms with E-state index in [2.05, 4.69) is 43.4 Å². The zero-order chi connectivity index (χ0) is 23.2. The van der Waals surface area contributed by atoms with Gasteiger partial charge in [0, 0.05) is 11.7 Å². The van der Waals surface area contributed by atoms with E-state index in [1.165, 1.54) is 5.56 Å². The van der Waals surface area contributed by atoms with Crippen LogP contribution in [0.3, 0.4) is 0 Å². The fourth-order valence-electron chi connectivity index (χ4n) is 4.24. The standard InChI is InChI=1S/C28H32N2O3/c1-4-20(2)30-27(29-24-15-9-8-14-23(24)28(30)31)22-16-17-25(26(19-22)32-3)33-18-10-13-21-11-6-5-7-12-21/h5-9,11-12,14-17,19-20,27,29H,4,10,13,18H2,1-3H3. The van der Waals surface area contributed by atoms with Gasteiger partial charge in [0.05, 0.1) is 19.3 Å². The number of methoxy groups -OCH3 is 1. The monoisotopic (exact) mass is 444 g/mol. The van der Waals surface area contributed by atoms with Crippen LogP contribution in [0.4, 0.5) is 5.69 Å². The van der Waals surface area contributed by atoms with Crippen molar-refractivity contribution in [3.63, 3.8) is 0 Å². The van der Waals surface area contributed by atoms with Crippen LogP contribution >= 0.6 is 0 Å². The van der Waals surface area contributed by atoms with Gasteiger partial charge >= 0.3 is 0 Å². The largest absolute Gasteiger partial charge is 0.493 e. The SMILES string of the molecule is CCC(C)N1C(=O)c2ccccc2NC1c1ccc(OCCCc2ccccc2)c(OC)c1. The van der Waals surface area contributed by atoms with E-state index in [9.17, 15) is 4.79 Å². The van der Waals surface area contributed by atoms with Gasteiger partial charge in [-0.15, -0.1) is 0 Å². The molecule has 1 heterocycles. The first-order valence-electron chi connectivity index (χ1n) is 11.6. The molecule has 2 unspecified atom stereocenters. The average molecular weight is 445 g/mol. The second kappa shape index (κ2) is 10.4. The maximum absolute atomic E-state index is 13.3. The number of para-hydroxylation sites is 1. The minimum atomic E-state index is -0.275. The molecule has 0 spiro atoms. The molecule has 0 radical (unpaired) electrons. The summed E-state index contributed by atoms with van der Waals surface area (Å²) in [4.78, 5) is 15.3. The minimum absolute atomic E-state index is 0.0453. The number of hydrogen-bond donors (Lipinski definition) is 1. The van der Waals surface area contributed by atoms with Crippen molar-refractivity contribution in [2.45, 2.75) is 45.3 Å². The Morgan fingerprint density at radius 2 is 1.76 bits per heavy atom. The Kier molecular flexibility index (Phi) is 7.18. The quantitative estimate of drug-likeness (QED) is 0.407. The lowest BCUT2D eigenvalue weighted by Crippen LogP contribution is -2.47. The fraction of sp³-hybridized carbons (Fsp3) is 0.321. The molecule has 3 aromatic carbocycles. The zero-order valence-corrected chi connectivity index (χ0v) is 19.6. The average Bonchev–Trinajstić information content (AvgIpc) is 2.86. The van der Waals surface area contributed by atoms with Crippen LogP contribution in [0.15, 0.2) is 72.8 Å². The Hall–Kier alpha value is -3.47. The summed E-state index contributed by atoms with van der Waals surface area (Å²) in [7, 11) is 1.65. The van der Waals surface area contributed by atoms with E-state index < -0.39 is 0 Å². The van der Waals surface area contributed by atoms with Gasteiger partial charge in [0.25, 0.3) is 5.91 Å². The molecule has 5 heteroatoms. The highest BCUT2D eigenvalue weighted by Gasteiger charge is 2.35. The van der Waals surface area contributed by atoms with Crippen LogP contribution in [0.25, 0.3) is 0 Å². The van der Waals surface area contributed by atoms with Gasteiger partial charge < -0.3 is 19.7 Å². The smallest absolute Gasteiger partial charge is 0.258 e. The lowest BCUT2D eigenvalue weighted by atomic mass is 10.0. The van der Waals surface area contributed by atoms with Gasteiger partial charge in [-0.1, -0.05) is 55.5 Å². The van der Waals surface area contributed by atoms with Gasteiger partial charge in [0.1, 0.15) is 6.17 Å². The second-order valence-electron chi connectivity index (χ2n) is 8.41.